The van der Waals surface area contributed by atoms with Crippen LogP contribution < -0.4 is 14.4 Å². The first-order chi connectivity index (χ1) is 14.6. The third-order valence-corrected chi connectivity index (χ3v) is 5.73. The summed E-state index contributed by atoms with van der Waals surface area (Å²) in [5.41, 5.74) is 1.85. The number of rotatable bonds is 9. The molecule has 0 fully saturated rings. The molecular weight excluding hydrogens is 420 g/mol. The number of carbonyl (C=O) groups is 2. The second-order valence-corrected chi connectivity index (χ2v) is 8.76. The Kier molecular flexibility index (Phi) is 8.04. The summed E-state index contributed by atoms with van der Waals surface area (Å²) in [6, 6.07) is 10.2. The van der Waals surface area contributed by atoms with Crippen LogP contribution in [0.15, 0.2) is 42.5 Å². The van der Waals surface area contributed by atoms with Crippen LogP contribution in [0.3, 0.4) is 0 Å². The molecule has 31 heavy (non-hydrogen) atoms. The van der Waals surface area contributed by atoms with Crippen LogP contribution >= 0.6 is 0 Å². The lowest BCUT2D eigenvalue weighted by Gasteiger charge is -2.28. The average molecular weight is 449 g/mol. The molecule has 0 aliphatic carbocycles. The van der Waals surface area contributed by atoms with Crippen molar-refractivity contribution in [3.63, 3.8) is 0 Å². The predicted molar refractivity (Wildman–Crippen MR) is 120 cm³/mol. The van der Waals surface area contributed by atoms with Gasteiger partial charge in [0.05, 0.1) is 30.7 Å². The Morgan fingerprint density at radius 1 is 1.06 bits per heavy atom. The molecule has 0 aromatic heterocycles. The van der Waals surface area contributed by atoms with Gasteiger partial charge in [-0.2, -0.15) is 0 Å². The molecule has 0 aliphatic heterocycles. The maximum absolute atomic E-state index is 12.9. The molecule has 8 nitrogen and oxygen atoms in total. The number of amides is 1. The largest absolute Gasteiger partial charge is 0.494 e. The number of esters is 1. The van der Waals surface area contributed by atoms with Crippen molar-refractivity contribution in [3.8, 4) is 5.75 Å². The van der Waals surface area contributed by atoms with E-state index >= 15 is 0 Å². The van der Waals surface area contributed by atoms with Gasteiger partial charge < -0.3 is 14.8 Å². The highest BCUT2D eigenvalue weighted by molar-refractivity contribution is 7.92. The van der Waals surface area contributed by atoms with Gasteiger partial charge in [0.25, 0.3) is 0 Å². The highest BCUT2D eigenvalue weighted by atomic mass is 32.2. The van der Waals surface area contributed by atoms with Crippen molar-refractivity contribution in [2.24, 2.45) is 0 Å². The van der Waals surface area contributed by atoms with Gasteiger partial charge >= 0.3 is 5.97 Å². The minimum atomic E-state index is -3.74. The summed E-state index contributed by atoms with van der Waals surface area (Å²) in [5.74, 6) is -0.351. The molecule has 1 amide bonds. The van der Waals surface area contributed by atoms with Gasteiger partial charge in [-0.15, -0.1) is 0 Å². The molecule has 2 rings (SSSR count). The van der Waals surface area contributed by atoms with Crippen molar-refractivity contribution in [1.82, 2.24) is 0 Å². The summed E-state index contributed by atoms with van der Waals surface area (Å²) < 4.78 is 36.3. The van der Waals surface area contributed by atoms with Gasteiger partial charge in [0.1, 0.15) is 11.8 Å². The van der Waals surface area contributed by atoms with Crippen LogP contribution in [0.5, 0.6) is 5.75 Å². The number of hydrogen-bond acceptors (Lipinski definition) is 6. The summed E-state index contributed by atoms with van der Waals surface area (Å²) >= 11 is 0. The first kappa shape index (κ1) is 24.2. The Morgan fingerprint density at radius 3 is 2.23 bits per heavy atom. The number of sulfonamides is 1. The Hall–Kier alpha value is -3.07. The zero-order chi connectivity index (χ0) is 23.2. The molecule has 2 aromatic rings. The van der Waals surface area contributed by atoms with E-state index < -0.39 is 27.9 Å². The zero-order valence-corrected chi connectivity index (χ0v) is 19.2. The second-order valence-electron chi connectivity index (χ2n) is 6.90. The molecule has 0 saturated carbocycles. The van der Waals surface area contributed by atoms with Crippen molar-refractivity contribution in [1.29, 1.82) is 0 Å². The highest BCUT2D eigenvalue weighted by Gasteiger charge is 2.29. The number of carbonyl (C=O) groups excluding carboxylic acids is 2. The Balaban J connectivity index is 2.25. The van der Waals surface area contributed by atoms with E-state index in [1.165, 1.54) is 6.92 Å². The number of aryl methyl sites for hydroxylation is 1. The SMILES string of the molecule is CCOC(=O)c1ccc(NC(=O)C(C)N(c2ccc(OCC)cc2)S(C)(=O)=O)c(C)c1. The monoisotopic (exact) mass is 448 g/mol. The van der Waals surface area contributed by atoms with Gasteiger partial charge in [0.15, 0.2) is 0 Å². The van der Waals surface area contributed by atoms with Crippen LogP contribution in [0.2, 0.25) is 0 Å². The zero-order valence-electron chi connectivity index (χ0n) is 18.3. The van der Waals surface area contributed by atoms with Crippen LogP contribution in [0.4, 0.5) is 11.4 Å². The summed E-state index contributed by atoms with van der Waals surface area (Å²) in [4.78, 5) is 24.8. The van der Waals surface area contributed by atoms with Crippen molar-refractivity contribution < 1.29 is 27.5 Å². The smallest absolute Gasteiger partial charge is 0.338 e. The molecule has 0 heterocycles. The Bertz CT molecular complexity index is 1030. The van der Waals surface area contributed by atoms with Gasteiger partial charge in [-0.1, -0.05) is 0 Å². The molecule has 0 spiro atoms. The summed E-state index contributed by atoms with van der Waals surface area (Å²) in [6.07, 6.45) is 1.05. The number of nitrogens with one attached hydrogen (secondary N) is 1. The van der Waals surface area contributed by atoms with Crippen molar-refractivity contribution in [2.75, 3.05) is 29.1 Å². The normalized spacial score (nSPS) is 12.0. The molecule has 2 aromatic carbocycles. The molecule has 0 bridgehead atoms. The number of ether oxygens (including phenoxy) is 2. The molecule has 0 aliphatic rings. The minimum Gasteiger partial charge on any atom is -0.494 e. The van der Waals surface area contributed by atoms with E-state index in [2.05, 4.69) is 5.32 Å². The fourth-order valence-electron chi connectivity index (χ4n) is 3.05. The first-order valence-electron chi connectivity index (χ1n) is 9.89. The van der Waals surface area contributed by atoms with Crippen LogP contribution in [-0.4, -0.2) is 45.8 Å². The van der Waals surface area contributed by atoms with Gasteiger partial charge in [-0.3, -0.25) is 9.10 Å². The van der Waals surface area contributed by atoms with Gasteiger partial charge in [-0.05, 0) is 75.7 Å². The lowest BCUT2D eigenvalue weighted by atomic mass is 10.1. The summed E-state index contributed by atoms with van der Waals surface area (Å²) in [7, 11) is -3.74. The molecule has 1 unspecified atom stereocenters. The fraction of sp³-hybridized carbons (Fsp3) is 0.364. The number of anilines is 2. The van der Waals surface area contributed by atoms with Crippen molar-refractivity contribution in [2.45, 2.75) is 33.7 Å². The van der Waals surface area contributed by atoms with Gasteiger partial charge in [0.2, 0.25) is 15.9 Å². The van der Waals surface area contributed by atoms with Crippen LogP contribution in [0, 0.1) is 6.92 Å². The van der Waals surface area contributed by atoms with E-state index in [0.717, 1.165) is 10.6 Å². The number of nitrogens with zero attached hydrogens (tertiary/aromatic N) is 1. The van der Waals surface area contributed by atoms with Crippen molar-refractivity contribution >= 4 is 33.3 Å². The molecule has 1 atom stereocenters. The first-order valence-corrected chi connectivity index (χ1v) is 11.7. The standard InChI is InChI=1S/C22H28N2O6S/c1-6-29-19-11-9-18(10-12-19)24(31(5,27)28)16(4)21(25)23-20-13-8-17(14-15(20)3)22(26)30-7-2/h8-14,16H,6-7H2,1-5H3,(H,23,25). The maximum atomic E-state index is 12.9. The van der Waals surface area contributed by atoms with E-state index in [-0.39, 0.29) is 6.61 Å². The quantitative estimate of drug-likeness (QED) is 0.590. The molecule has 0 radical (unpaired) electrons. The van der Waals surface area contributed by atoms with E-state index in [4.69, 9.17) is 9.47 Å². The fourth-order valence-corrected chi connectivity index (χ4v) is 4.22. The second kappa shape index (κ2) is 10.3. The molecule has 1 N–H and O–H groups in total. The van der Waals surface area contributed by atoms with Gasteiger partial charge in [-0.25, -0.2) is 13.2 Å². The van der Waals surface area contributed by atoms with Crippen LogP contribution in [-0.2, 0) is 19.6 Å². The number of benzene rings is 2. The van der Waals surface area contributed by atoms with Crippen LogP contribution in [0.25, 0.3) is 0 Å². The summed E-state index contributed by atoms with van der Waals surface area (Å²) in [5, 5.41) is 2.74. The van der Waals surface area contributed by atoms with Crippen LogP contribution in [0.1, 0.15) is 36.7 Å². The average Bonchev–Trinajstić information content (AvgIpc) is 2.70. The molecule has 9 heteroatoms. The minimum absolute atomic E-state index is 0.265. The molecule has 0 saturated heterocycles. The van der Waals surface area contributed by atoms with E-state index in [1.54, 1.807) is 56.3 Å². The topological polar surface area (TPSA) is 102 Å². The van der Waals surface area contributed by atoms with Crippen molar-refractivity contribution in [3.05, 3.63) is 53.6 Å². The molecular formula is C22H28N2O6S. The summed E-state index contributed by atoms with van der Waals surface area (Å²) in [6.45, 7) is 7.57. The van der Waals surface area contributed by atoms with E-state index in [1.807, 2.05) is 6.92 Å². The lowest BCUT2D eigenvalue weighted by molar-refractivity contribution is -0.116. The predicted octanol–water partition coefficient (Wildman–Crippen LogP) is 3.36. The number of hydrogen-bond donors (Lipinski definition) is 1. The van der Waals surface area contributed by atoms with E-state index in [9.17, 15) is 18.0 Å². The van der Waals surface area contributed by atoms with E-state index in [0.29, 0.717) is 34.9 Å². The van der Waals surface area contributed by atoms with Gasteiger partial charge in [0, 0.05) is 5.69 Å². The highest BCUT2D eigenvalue weighted by Crippen LogP contribution is 2.25. The Morgan fingerprint density at radius 2 is 1.71 bits per heavy atom. The third-order valence-electron chi connectivity index (χ3n) is 4.49. The Labute approximate surface area is 183 Å². The maximum Gasteiger partial charge on any atom is 0.338 e. The molecule has 168 valence electrons. The third kappa shape index (κ3) is 6.21. The lowest BCUT2D eigenvalue weighted by Crippen LogP contribution is -2.45.